The van der Waals surface area contributed by atoms with Gasteiger partial charge in [-0.15, -0.1) is 0 Å². The van der Waals surface area contributed by atoms with Crippen LogP contribution in [0.4, 0.5) is 10.5 Å². The molecule has 3 N–H and O–H groups in total. The summed E-state index contributed by atoms with van der Waals surface area (Å²) in [5.74, 6) is -0.286. The third-order valence-electron chi connectivity index (χ3n) is 3.97. The highest BCUT2D eigenvalue weighted by Crippen LogP contribution is 2.14. The van der Waals surface area contributed by atoms with E-state index in [-0.39, 0.29) is 11.8 Å². The van der Waals surface area contributed by atoms with Crippen molar-refractivity contribution in [1.82, 2.24) is 15.2 Å². The Morgan fingerprint density at radius 2 is 1.70 bits per heavy atom. The summed E-state index contributed by atoms with van der Waals surface area (Å²) in [6.45, 7) is 1.64. The quantitative estimate of drug-likeness (QED) is 0.812. The van der Waals surface area contributed by atoms with E-state index in [9.17, 15) is 9.59 Å². The monoisotopic (exact) mass is 312 g/mol. The molecule has 6 heteroatoms. The molecule has 1 aliphatic rings. The van der Waals surface area contributed by atoms with Gasteiger partial charge in [-0.1, -0.05) is 0 Å². The Kier molecular flexibility index (Phi) is 4.73. The molecule has 120 valence electrons. The van der Waals surface area contributed by atoms with Crippen molar-refractivity contribution < 1.29 is 9.59 Å². The number of piperidine rings is 1. The van der Waals surface area contributed by atoms with Gasteiger partial charge in [-0.25, -0.2) is 4.79 Å². The second-order valence-corrected chi connectivity index (χ2v) is 5.60. The second kappa shape index (κ2) is 7.11. The van der Waals surface area contributed by atoms with Gasteiger partial charge in [0.2, 0.25) is 5.91 Å². The fraction of sp³-hybridized carbons (Fsp3) is 0.294. The fourth-order valence-electron chi connectivity index (χ4n) is 2.68. The number of aromatic nitrogens is 1. The van der Waals surface area contributed by atoms with Crippen LogP contribution in [0.15, 0.2) is 48.8 Å². The Bertz CT molecular complexity index is 658. The van der Waals surface area contributed by atoms with E-state index in [1.54, 1.807) is 0 Å². The van der Waals surface area contributed by atoms with Crippen LogP contribution >= 0.6 is 0 Å². The number of nitrogens with zero attached hydrogens (tertiary/aromatic N) is 1. The number of hydrogen-bond acceptors (Lipinski definition) is 3. The van der Waals surface area contributed by atoms with E-state index in [1.807, 2.05) is 53.4 Å². The first kappa shape index (κ1) is 15.3. The molecule has 3 rings (SSSR count). The molecule has 2 aromatic rings. The summed E-state index contributed by atoms with van der Waals surface area (Å²) in [4.78, 5) is 23.9. The molecule has 1 aromatic carbocycles. The van der Waals surface area contributed by atoms with Gasteiger partial charge in [0.1, 0.15) is 0 Å². The molecular formula is C17H20N4O2. The van der Waals surface area contributed by atoms with E-state index in [1.165, 1.54) is 0 Å². The highest BCUT2D eigenvalue weighted by molar-refractivity contribution is 6.01. The molecule has 1 aliphatic heterocycles. The van der Waals surface area contributed by atoms with Gasteiger partial charge < -0.3 is 15.2 Å². The van der Waals surface area contributed by atoms with Crippen LogP contribution in [0.5, 0.6) is 0 Å². The maximum atomic E-state index is 12.0. The maximum absolute atomic E-state index is 12.0. The highest BCUT2D eigenvalue weighted by Gasteiger charge is 2.22. The average molecular weight is 312 g/mol. The summed E-state index contributed by atoms with van der Waals surface area (Å²) in [6, 6.07) is 10.8. The maximum Gasteiger partial charge on any atom is 0.325 e. The van der Waals surface area contributed by atoms with Gasteiger partial charge in [0, 0.05) is 29.7 Å². The van der Waals surface area contributed by atoms with E-state index in [0.29, 0.717) is 5.69 Å². The lowest BCUT2D eigenvalue weighted by Crippen LogP contribution is -2.42. The van der Waals surface area contributed by atoms with Gasteiger partial charge in [0.05, 0.1) is 0 Å². The lowest BCUT2D eigenvalue weighted by molar-refractivity contribution is -0.124. The first-order valence-electron chi connectivity index (χ1n) is 7.78. The summed E-state index contributed by atoms with van der Waals surface area (Å²) in [5, 5.41) is 8.30. The second-order valence-electron chi connectivity index (χ2n) is 5.60. The largest absolute Gasteiger partial charge is 0.325 e. The van der Waals surface area contributed by atoms with Crippen LogP contribution in [-0.2, 0) is 4.79 Å². The topological polar surface area (TPSA) is 75.2 Å². The normalized spacial score (nSPS) is 15.1. The van der Waals surface area contributed by atoms with Crippen LogP contribution < -0.4 is 16.0 Å². The predicted molar refractivity (Wildman–Crippen MR) is 88.5 cm³/mol. The fourth-order valence-corrected chi connectivity index (χ4v) is 2.68. The van der Waals surface area contributed by atoms with Crippen LogP contribution in [-0.4, -0.2) is 29.6 Å². The minimum Gasteiger partial charge on any atom is -0.324 e. The SMILES string of the molecule is O=C(NC(=O)C1CCNCC1)Nc1ccc(-n2cccc2)cc1. The van der Waals surface area contributed by atoms with Crippen molar-refractivity contribution in [3.05, 3.63) is 48.8 Å². The Hall–Kier alpha value is -2.60. The van der Waals surface area contributed by atoms with Gasteiger partial charge in [0.15, 0.2) is 0 Å². The molecule has 0 radical (unpaired) electrons. The minimum absolute atomic E-state index is 0.0851. The summed E-state index contributed by atoms with van der Waals surface area (Å²) in [7, 11) is 0. The molecule has 0 aliphatic carbocycles. The third kappa shape index (κ3) is 3.98. The van der Waals surface area contributed by atoms with Gasteiger partial charge in [-0.05, 0) is 62.3 Å². The summed E-state index contributed by atoms with van der Waals surface area (Å²) < 4.78 is 1.98. The smallest absolute Gasteiger partial charge is 0.324 e. The van der Waals surface area contributed by atoms with E-state index in [0.717, 1.165) is 31.6 Å². The van der Waals surface area contributed by atoms with Gasteiger partial charge in [-0.3, -0.25) is 10.1 Å². The molecule has 0 saturated carbocycles. The van der Waals surface area contributed by atoms with Crippen molar-refractivity contribution in [1.29, 1.82) is 0 Å². The number of carbonyl (C=O) groups is 2. The number of anilines is 1. The number of benzene rings is 1. The molecular weight excluding hydrogens is 292 g/mol. The lowest BCUT2D eigenvalue weighted by atomic mass is 9.97. The molecule has 1 saturated heterocycles. The first-order chi connectivity index (χ1) is 11.2. The molecule has 3 amide bonds. The number of nitrogens with one attached hydrogen (secondary N) is 3. The number of imide groups is 1. The van der Waals surface area contributed by atoms with Crippen molar-refractivity contribution in [2.75, 3.05) is 18.4 Å². The Morgan fingerprint density at radius 1 is 1.04 bits per heavy atom. The first-order valence-corrected chi connectivity index (χ1v) is 7.78. The Balaban J connectivity index is 1.54. The van der Waals surface area contributed by atoms with Gasteiger partial charge in [-0.2, -0.15) is 0 Å². The highest BCUT2D eigenvalue weighted by atomic mass is 16.2. The van der Waals surface area contributed by atoms with E-state index in [4.69, 9.17) is 0 Å². The van der Waals surface area contributed by atoms with Crippen molar-refractivity contribution >= 4 is 17.6 Å². The van der Waals surface area contributed by atoms with Crippen LogP contribution in [0.2, 0.25) is 0 Å². The van der Waals surface area contributed by atoms with Gasteiger partial charge >= 0.3 is 6.03 Å². The molecule has 2 heterocycles. The van der Waals surface area contributed by atoms with Crippen LogP contribution in [0.3, 0.4) is 0 Å². The zero-order valence-electron chi connectivity index (χ0n) is 12.8. The summed E-state index contributed by atoms with van der Waals surface area (Å²) in [5.41, 5.74) is 1.66. The molecule has 0 spiro atoms. The zero-order valence-corrected chi connectivity index (χ0v) is 12.8. The molecule has 1 fully saturated rings. The molecule has 1 aromatic heterocycles. The summed E-state index contributed by atoms with van der Waals surface area (Å²) >= 11 is 0. The third-order valence-corrected chi connectivity index (χ3v) is 3.97. The van der Waals surface area contributed by atoms with Crippen LogP contribution in [0.1, 0.15) is 12.8 Å². The molecule has 6 nitrogen and oxygen atoms in total. The molecule has 0 unspecified atom stereocenters. The molecule has 23 heavy (non-hydrogen) atoms. The number of rotatable bonds is 3. The van der Waals surface area contributed by atoms with Crippen molar-refractivity contribution in [2.24, 2.45) is 5.92 Å². The number of carbonyl (C=O) groups excluding carboxylic acids is 2. The van der Waals surface area contributed by atoms with E-state index < -0.39 is 6.03 Å². The minimum atomic E-state index is -0.484. The van der Waals surface area contributed by atoms with Crippen LogP contribution in [0, 0.1) is 5.92 Å². The zero-order chi connectivity index (χ0) is 16.1. The van der Waals surface area contributed by atoms with Crippen LogP contribution in [0.25, 0.3) is 5.69 Å². The average Bonchev–Trinajstić information content (AvgIpc) is 3.11. The van der Waals surface area contributed by atoms with Gasteiger partial charge in [0.25, 0.3) is 0 Å². The summed E-state index contributed by atoms with van der Waals surface area (Å²) in [6.07, 6.45) is 5.44. The molecule has 0 atom stereocenters. The standard InChI is InChI=1S/C17H20N4O2/c22-16(13-7-9-18-10-8-13)20-17(23)19-14-3-5-15(6-4-14)21-11-1-2-12-21/h1-6,11-13,18H,7-10H2,(H2,19,20,22,23). The lowest BCUT2D eigenvalue weighted by Gasteiger charge is -2.21. The predicted octanol–water partition coefficient (Wildman–Crippen LogP) is 2.12. The molecule has 0 bridgehead atoms. The van der Waals surface area contributed by atoms with Crippen molar-refractivity contribution in [3.63, 3.8) is 0 Å². The number of amides is 3. The van der Waals surface area contributed by atoms with E-state index >= 15 is 0 Å². The number of hydrogen-bond donors (Lipinski definition) is 3. The number of urea groups is 1. The van der Waals surface area contributed by atoms with Crippen molar-refractivity contribution in [2.45, 2.75) is 12.8 Å². The van der Waals surface area contributed by atoms with Crippen molar-refractivity contribution in [3.8, 4) is 5.69 Å². The Morgan fingerprint density at radius 3 is 2.35 bits per heavy atom. The Labute approximate surface area is 134 Å². The van der Waals surface area contributed by atoms with E-state index in [2.05, 4.69) is 16.0 Å².